The summed E-state index contributed by atoms with van der Waals surface area (Å²) in [5, 5.41) is 3.96. The highest BCUT2D eigenvalue weighted by atomic mass is 32.2. The average Bonchev–Trinajstić information content (AvgIpc) is 3.17. The Bertz CT molecular complexity index is 784. The number of nitrogens with zero attached hydrogens (tertiary/aromatic N) is 3. The summed E-state index contributed by atoms with van der Waals surface area (Å²) < 4.78 is 11.4. The summed E-state index contributed by atoms with van der Waals surface area (Å²) in [5.74, 6) is 3.09. The minimum atomic E-state index is -0.0153. The Hall–Kier alpha value is -2.02. The van der Waals surface area contributed by atoms with Gasteiger partial charge in [0.05, 0.1) is 10.9 Å². The predicted octanol–water partition coefficient (Wildman–Crippen LogP) is 2.73. The molecule has 1 atom stereocenters. The lowest BCUT2D eigenvalue weighted by molar-refractivity contribution is 0.0507. The van der Waals surface area contributed by atoms with E-state index in [9.17, 15) is 4.79 Å². The van der Waals surface area contributed by atoms with Crippen LogP contribution in [0.15, 0.2) is 35.1 Å². The number of hydrogen-bond acceptors (Lipinski definition) is 6. The normalized spacial score (nSPS) is 24.3. The summed E-state index contributed by atoms with van der Waals surface area (Å²) in [6.07, 6.45) is 6.91. The lowest BCUT2D eigenvalue weighted by Crippen LogP contribution is -2.60. The number of ether oxygens (including phenoxy) is 1. The maximum atomic E-state index is 12.6. The minimum Gasteiger partial charge on any atom is -0.488 e. The molecule has 1 spiro atoms. The second-order valence-corrected chi connectivity index (χ2v) is 8.66. The van der Waals surface area contributed by atoms with Crippen LogP contribution in [0.1, 0.15) is 41.4 Å². The van der Waals surface area contributed by atoms with Gasteiger partial charge >= 0.3 is 0 Å². The summed E-state index contributed by atoms with van der Waals surface area (Å²) >= 11 is 1.91. The molecule has 1 aliphatic carbocycles. The first kappa shape index (κ1) is 15.3. The molecule has 5 rings (SSSR count). The van der Waals surface area contributed by atoms with E-state index in [1.807, 2.05) is 34.9 Å². The van der Waals surface area contributed by atoms with E-state index < -0.39 is 0 Å². The van der Waals surface area contributed by atoms with Crippen molar-refractivity contribution in [1.29, 1.82) is 0 Å². The third-order valence-electron chi connectivity index (χ3n) is 5.08. The number of carbonyl (C=O) groups is 1. The van der Waals surface area contributed by atoms with Gasteiger partial charge in [0, 0.05) is 43.4 Å². The molecular weight excluding hydrogens is 338 g/mol. The Morgan fingerprint density at radius 3 is 3.04 bits per heavy atom. The van der Waals surface area contributed by atoms with Gasteiger partial charge in [-0.3, -0.25) is 9.78 Å². The molecule has 0 N–H and O–H groups in total. The van der Waals surface area contributed by atoms with Gasteiger partial charge in [-0.1, -0.05) is 5.16 Å². The van der Waals surface area contributed by atoms with Crippen LogP contribution in [-0.4, -0.2) is 50.6 Å². The van der Waals surface area contributed by atoms with Gasteiger partial charge in [-0.2, -0.15) is 0 Å². The zero-order valence-corrected chi connectivity index (χ0v) is 14.6. The van der Waals surface area contributed by atoms with E-state index >= 15 is 0 Å². The van der Waals surface area contributed by atoms with Crippen LogP contribution in [0.4, 0.5) is 0 Å². The van der Waals surface area contributed by atoms with Crippen molar-refractivity contribution < 1.29 is 14.1 Å². The van der Waals surface area contributed by atoms with Crippen LogP contribution < -0.4 is 4.74 Å². The van der Waals surface area contributed by atoms with E-state index in [1.54, 1.807) is 12.4 Å². The van der Waals surface area contributed by atoms with Crippen LogP contribution >= 0.6 is 11.8 Å². The molecule has 0 aromatic carbocycles. The van der Waals surface area contributed by atoms with Crippen LogP contribution in [0.3, 0.4) is 0 Å². The molecule has 1 amide bonds. The molecule has 0 bridgehead atoms. The first-order valence-electron chi connectivity index (χ1n) is 8.67. The molecule has 1 saturated carbocycles. The molecule has 6 nitrogen and oxygen atoms in total. The summed E-state index contributed by atoms with van der Waals surface area (Å²) in [7, 11) is 0. The molecule has 130 valence electrons. The van der Waals surface area contributed by atoms with Gasteiger partial charge in [-0.15, -0.1) is 11.8 Å². The number of pyridine rings is 1. The summed E-state index contributed by atoms with van der Waals surface area (Å²) in [6.45, 7) is 1.52. The number of amides is 1. The van der Waals surface area contributed by atoms with Crippen molar-refractivity contribution in [3.05, 3.63) is 42.0 Å². The first-order chi connectivity index (χ1) is 12.2. The van der Waals surface area contributed by atoms with Gasteiger partial charge in [0.1, 0.15) is 17.6 Å². The topological polar surface area (TPSA) is 68.5 Å². The molecule has 0 radical (unpaired) electrons. The molecule has 3 aliphatic rings. The van der Waals surface area contributed by atoms with Crippen LogP contribution in [-0.2, 0) is 0 Å². The maximum Gasteiger partial charge on any atom is 0.276 e. The summed E-state index contributed by atoms with van der Waals surface area (Å²) in [4.78, 5) is 18.5. The second-order valence-electron chi connectivity index (χ2n) is 7.18. The van der Waals surface area contributed by atoms with Gasteiger partial charge in [0.25, 0.3) is 5.91 Å². The Balaban J connectivity index is 1.17. The van der Waals surface area contributed by atoms with Crippen LogP contribution in [0.5, 0.6) is 5.75 Å². The monoisotopic (exact) mass is 357 g/mol. The summed E-state index contributed by atoms with van der Waals surface area (Å²) in [5.41, 5.74) is 0.447. The van der Waals surface area contributed by atoms with E-state index in [0.29, 0.717) is 11.6 Å². The first-order valence-corrected chi connectivity index (χ1v) is 9.66. The zero-order valence-electron chi connectivity index (χ0n) is 13.8. The van der Waals surface area contributed by atoms with Crippen molar-refractivity contribution in [3.8, 4) is 5.75 Å². The molecule has 2 aromatic rings. The quantitative estimate of drug-likeness (QED) is 0.838. The van der Waals surface area contributed by atoms with Crippen molar-refractivity contribution in [3.63, 3.8) is 0 Å². The molecule has 2 aliphatic heterocycles. The van der Waals surface area contributed by atoms with Gasteiger partial charge < -0.3 is 14.2 Å². The van der Waals surface area contributed by atoms with Crippen molar-refractivity contribution in [2.24, 2.45) is 0 Å². The molecule has 2 saturated heterocycles. The number of thioether (sulfide) groups is 1. The largest absolute Gasteiger partial charge is 0.488 e. The lowest BCUT2D eigenvalue weighted by Gasteiger charge is -2.47. The fraction of sp³-hybridized carbons (Fsp3) is 0.500. The van der Waals surface area contributed by atoms with Crippen molar-refractivity contribution in [2.75, 3.05) is 18.8 Å². The molecule has 7 heteroatoms. The fourth-order valence-electron chi connectivity index (χ4n) is 3.61. The van der Waals surface area contributed by atoms with E-state index in [2.05, 4.69) is 10.1 Å². The molecule has 0 unspecified atom stereocenters. The smallest absolute Gasteiger partial charge is 0.276 e. The van der Waals surface area contributed by atoms with E-state index in [1.165, 1.54) is 0 Å². The standard InChI is InChI=1S/C18H19N3O3S/c22-17(15-6-16(24-20-15)12-3-4-12)21-10-18(11-21)7-14(9-25-18)23-13-2-1-5-19-8-13/h1-2,5-6,8,12,14H,3-4,7,9-11H2/t14-/m0/s1. The zero-order chi connectivity index (χ0) is 16.9. The van der Waals surface area contributed by atoms with Crippen LogP contribution in [0.25, 0.3) is 0 Å². The summed E-state index contributed by atoms with van der Waals surface area (Å²) in [6, 6.07) is 5.63. The fourth-order valence-corrected chi connectivity index (χ4v) is 5.14. The highest BCUT2D eigenvalue weighted by molar-refractivity contribution is 8.01. The minimum absolute atomic E-state index is 0.0153. The molecule has 25 heavy (non-hydrogen) atoms. The third kappa shape index (κ3) is 2.90. The Kier molecular flexibility index (Phi) is 3.51. The number of likely N-dealkylation sites (tertiary alicyclic amines) is 1. The molecule has 3 fully saturated rings. The maximum absolute atomic E-state index is 12.6. The van der Waals surface area contributed by atoms with Crippen LogP contribution in [0, 0.1) is 0 Å². The van der Waals surface area contributed by atoms with Gasteiger partial charge in [0.15, 0.2) is 5.69 Å². The number of carbonyl (C=O) groups excluding carboxylic acids is 1. The molecule has 4 heterocycles. The van der Waals surface area contributed by atoms with Crippen molar-refractivity contribution >= 4 is 17.7 Å². The predicted molar refractivity (Wildman–Crippen MR) is 92.8 cm³/mol. The van der Waals surface area contributed by atoms with Gasteiger partial charge in [-0.05, 0) is 25.0 Å². The van der Waals surface area contributed by atoms with E-state index in [4.69, 9.17) is 9.26 Å². The number of aromatic nitrogens is 2. The highest BCUT2D eigenvalue weighted by Crippen LogP contribution is 2.46. The molecular formula is C18H19N3O3S. The Labute approximate surface area is 149 Å². The second kappa shape index (κ2) is 5.76. The van der Waals surface area contributed by atoms with Gasteiger partial charge in [-0.25, -0.2) is 0 Å². The van der Waals surface area contributed by atoms with E-state index in [0.717, 1.165) is 49.6 Å². The molecule has 2 aromatic heterocycles. The Morgan fingerprint density at radius 1 is 1.40 bits per heavy atom. The van der Waals surface area contributed by atoms with E-state index in [-0.39, 0.29) is 16.8 Å². The lowest BCUT2D eigenvalue weighted by atomic mass is 9.92. The third-order valence-corrected chi connectivity index (χ3v) is 6.66. The highest BCUT2D eigenvalue weighted by Gasteiger charge is 2.51. The Morgan fingerprint density at radius 2 is 2.28 bits per heavy atom. The number of rotatable bonds is 4. The SMILES string of the molecule is O=C(c1cc(C2CC2)on1)N1CC2(C[C@H](Oc3cccnc3)CS2)C1. The van der Waals surface area contributed by atoms with Crippen LogP contribution in [0.2, 0.25) is 0 Å². The average molecular weight is 357 g/mol. The van der Waals surface area contributed by atoms with Crippen molar-refractivity contribution in [2.45, 2.75) is 36.0 Å². The van der Waals surface area contributed by atoms with Crippen molar-refractivity contribution in [1.82, 2.24) is 15.0 Å². The number of hydrogen-bond donors (Lipinski definition) is 0. The van der Waals surface area contributed by atoms with Gasteiger partial charge in [0.2, 0.25) is 0 Å².